The Bertz CT molecular complexity index is 523. The van der Waals surface area contributed by atoms with Crippen LogP contribution in [0.4, 0.5) is 0 Å². The van der Waals surface area contributed by atoms with Gasteiger partial charge in [-0.1, -0.05) is 11.3 Å². The smallest absolute Gasteiger partial charge is 0.251 e. The van der Waals surface area contributed by atoms with Gasteiger partial charge in [0.2, 0.25) is 0 Å². The number of rotatable bonds is 3. The van der Waals surface area contributed by atoms with E-state index in [1.165, 1.54) is 6.07 Å². The molecule has 0 atom stereocenters. The number of nitrogens with one attached hydrogen (secondary N) is 2. The van der Waals surface area contributed by atoms with Crippen molar-refractivity contribution in [3.8, 4) is 5.75 Å². The third-order valence-electron chi connectivity index (χ3n) is 2.27. The van der Waals surface area contributed by atoms with Gasteiger partial charge in [-0.05, 0) is 24.6 Å². The minimum Gasteiger partial charge on any atom is -0.508 e. The Labute approximate surface area is 96.9 Å². The van der Waals surface area contributed by atoms with Gasteiger partial charge in [0, 0.05) is 5.56 Å². The third-order valence-corrected chi connectivity index (χ3v) is 2.27. The Hall–Kier alpha value is -2.44. The molecular formula is C10H11N5O2. The number of hydrogen-bond donors (Lipinski definition) is 3. The van der Waals surface area contributed by atoms with Gasteiger partial charge in [0.05, 0.1) is 6.54 Å². The van der Waals surface area contributed by atoms with Gasteiger partial charge in [-0.3, -0.25) is 4.79 Å². The lowest BCUT2D eigenvalue weighted by Crippen LogP contribution is -2.23. The van der Waals surface area contributed by atoms with Crippen LogP contribution in [-0.2, 0) is 6.54 Å². The fourth-order valence-corrected chi connectivity index (χ4v) is 1.27. The molecule has 0 unspecified atom stereocenters. The van der Waals surface area contributed by atoms with E-state index in [1.54, 1.807) is 19.1 Å². The largest absolute Gasteiger partial charge is 0.508 e. The van der Waals surface area contributed by atoms with Crippen LogP contribution >= 0.6 is 0 Å². The summed E-state index contributed by atoms with van der Waals surface area (Å²) in [5, 5.41) is 25.2. The fourth-order valence-electron chi connectivity index (χ4n) is 1.27. The van der Waals surface area contributed by atoms with Crippen molar-refractivity contribution in [2.75, 3.05) is 0 Å². The van der Waals surface area contributed by atoms with E-state index in [-0.39, 0.29) is 18.2 Å². The van der Waals surface area contributed by atoms with E-state index >= 15 is 0 Å². The molecule has 17 heavy (non-hydrogen) atoms. The van der Waals surface area contributed by atoms with Gasteiger partial charge < -0.3 is 10.4 Å². The molecule has 1 amide bonds. The van der Waals surface area contributed by atoms with Crippen LogP contribution in [0.3, 0.4) is 0 Å². The molecule has 0 radical (unpaired) electrons. The molecule has 0 aliphatic rings. The molecule has 88 valence electrons. The number of aromatic nitrogens is 4. The highest BCUT2D eigenvalue weighted by molar-refractivity contribution is 5.94. The molecule has 2 aromatic rings. The first kappa shape index (κ1) is 11.1. The number of nitrogens with zero attached hydrogens (tertiary/aromatic N) is 3. The van der Waals surface area contributed by atoms with Gasteiger partial charge in [0.1, 0.15) is 5.75 Å². The predicted molar refractivity (Wildman–Crippen MR) is 58.2 cm³/mol. The first-order valence-corrected chi connectivity index (χ1v) is 4.97. The normalized spacial score (nSPS) is 10.2. The molecular weight excluding hydrogens is 222 g/mol. The van der Waals surface area contributed by atoms with Crippen molar-refractivity contribution in [1.82, 2.24) is 25.9 Å². The quantitative estimate of drug-likeness (QED) is 0.699. The number of carbonyl (C=O) groups is 1. The highest BCUT2D eigenvalue weighted by atomic mass is 16.3. The molecule has 0 bridgehead atoms. The second-order valence-electron chi connectivity index (χ2n) is 3.51. The summed E-state index contributed by atoms with van der Waals surface area (Å²) in [5.74, 6) is 0.192. The number of H-pyrrole nitrogens is 1. The zero-order valence-electron chi connectivity index (χ0n) is 9.14. The van der Waals surface area contributed by atoms with E-state index in [2.05, 4.69) is 25.9 Å². The van der Waals surface area contributed by atoms with Crippen LogP contribution < -0.4 is 5.32 Å². The minimum absolute atomic E-state index is 0.0946. The van der Waals surface area contributed by atoms with Crippen LogP contribution in [0.15, 0.2) is 18.2 Å². The predicted octanol–water partition coefficient (Wildman–Crippen LogP) is 0.144. The van der Waals surface area contributed by atoms with Crippen molar-refractivity contribution in [3.05, 3.63) is 35.2 Å². The molecule has 0 saturated heterocycles. The summed E-state index contributed by atoms with van der Waals surface area (Å²) in [6.45, 7) is 1.94. The first-order chi connectivity index (χ1) is 8.16. The number of carbonyl (C=O) groups excluding carboxylic acids is 1. The maximum atomic E-state index is 11.7. The number of phenols is 1. The number of tetrazole rings is 1. The Morgan fingerprint density at radius 2 is 2.35 bits per heavy atom. The number of benzene rings is 1. The van der Waals surface area contributed by atoms with Crippen molar-refractivity contribution in [2.24, 2.45) is 0 Å². The van der Waals surface area contributed by atoms with Crippen molar-refractivity contribution in [3.63, 3.8) is 0 Å². The number of aromatic hydroxyl groups is 1. The van der Waals surface area contributed by atoms with Crippen LogP contribution in [-0.4, -0.2) is 31.6 Å². The van der Waals surface area contributed by atoms with Gasteiger partial charge in [0.15, 0.2) is 5.82 Å². The molecule has 0 spiro atoms. The molecule has 7 nitrogen and oxygen atoms in total. The zero-order chi connectivity index (χ0) is 12.3. The second kappa shape index (κ2) is 4.60. The van der Waals surface area contributed by atoms with E-state index in [4.69, 9.17) is 0 Å². The molecule has 0 fully saturated rings. The minimum atomic E-state index is -0.301. The SMILES string of the molecule is Cc1ccc(C(=O)NCc2nn[nH]n2)cc1O. The van der Waals surface area contributed by atoms with E-state index in [1.807, 2.05) is 0 Å². The monoisotopic (exact) mass is 233 g/mol. The van der Waals surface area contributed by atoms with Gasteiger partial charge in [-0.2, -0.15) is 5.21 Å². The lowest BCUT2D eigenvalue weighted by atomic mass is 10.1. The zero-order valence-corrected chi connectivity index (χ0v) is 9.14. The maximum Gasteiger partial charge on any atom is 0.251 e. The molecule has 1 heterocycles. The summed E-state index contributed by atoms with van der Waals surface area (Å²) in [4.78, 5) is 11.7. The fraction of sp³-hybridized carbons (Fsp3) is 0.200. The Morgan fingerprint density at radius 3 is 3.00 bits per heavy atom. The van der Waals surface area contributed by atoms with Crippen LogP contribution in [0.5, 0.6) is 5.75 Å². The summed E-state index contributed by atoms with van der Waals surface area (Å²) in [6.07, 6.45) is 0. The Morgan fingerprint density at radius 1 is 1.53 bits per heavy atom. The number of amides is 1. The maximum absolute atomic E-state index is 11.7. The average molecular weight is 233 g/mol. The summed E-state index contributed by atoms with van der Waals surface area (Å²) in [5.41, 5.74) is 1.11. The molecule has 0 aliphatic heterocycles. The van der Waals surface area contributed by atoms with E-state index in [9.17, 15) is 9.90 Å². The molecule has 0 saturated carbocycles. The van der Waals surface area contributed by atoms with Gasteiger partial charge in [0.25, 0.3) is 5.91 Å². The summed E-state index contributed by atoms with van der Waals surface area (Å²) in [6, 6.07) is 4.74. The third kappa shape index (κ3) is 2.57. The Kier molecular flexibility index (Phi) is 2.99. The Balaban J connectivity index is 2.02. The number of hydrogen-bond acceptors (Lipinski definition) is 5. The number of aromatic amines is 1. The van der Waals surface area contributed by atoms with Crippen molar-refractivity contribution in [2.45, 2.75) is 13.5 Å². The first-order valence-electron chi connectivity index (χ1n) is 4.97. The molecule has 3 N–H and O–H groups in total. The second-order valence-corrected chi connectivity index (χ2v) is 3.51. The lowest BCUT2D eigenvalue weighted by Gasteiger charge is -2.04. The van der Waals surface area contributed by atoms with Gasteiger partial charge in [-0.25, -0.2) is 0 Å². The van der Waals surface area contributed by atoms with Crippen LogP contribution in [0.2, 0.25) is 0 Å². The average Bonchev–Trinajstić information content (AvgIpc) is 2.82. The topological polar surface area (TPSA) is 104 Å². The van der Waals surface area contributed by atoms with Gasteiger partial charge in [-0.15, -0.1) is 10.2 Å². The van der Waals surface area contributed by atoms with Crippen LogP contribution in [0.25, 0.3) is 0 Å². The highest BCUT2D eigenvalue weighted by Crippen LogP contribution is 2.17. The van der Waals surface area contributed by atoms with Crippen LogP contribution in [0.1, 0.15) is 21.7 Å². The molecule has 1 aromatic carbocycles. The van der Waals surface area contributed by atoms with Crippen LogP contribution in [0, 0.1) is 6.92 Å². The molecule has 0 aliphatic carbocycles. The molecule has 2 rings (SSSR count). The summed E-state index contributed by atoms with van der Waals surface area (Å²) in [7, 11) is 0. The number of phenolic OH excluding ortho intramolecular Hbond substituents is 1. The summed E-state index contributed by atoms with van der Waals surface area (Å²) < 4.78 is 0. The standard InChI is InChI=1S/C10H11N5O2/c1-6-2-3-7(4-8(6)16)10(17)11-5-9-12-14-15-13-9/h2-4,16H,5H2,1H3,(H,11,17)(H,12,13,14,15). The van der Waals surface area contributed by atoms with Crippen molar-refractivity contribution >= 4 is 5.91 Å². The highest BCUT2D eigenvalue weighted by Gasteiger charge is 2.08. The van der Waals surface area contributed by atoms with Crippen molar-refractivity contribution < 1.29 is 9.90 Å². The van der Waals surface area contributed by atoms with Crippen molar-refractivity contribution in [1.29, 1.82) is 0 Å². The molecule has 7 heteroatoms. The van der Waals surface area contributed by atoms with E-state index in [0.717, 1.165) is 5.56 Å². The van der Waals surface area contributed by atoms with Gasteiger partial charge >= 0.3 is 0 Å². The van der Waals surface area contributed by atoms with E-state index < -0.39 is 0 Å². The summed E-state index contributed by atoms with van der Waals surface area (Å²) >= 11 is 0. The lowest BCUT2D eigenvalue weighted by molar-refractivity contribution is 0.0949. The molecule has 1 aromatic heterocycles. The number of aryl methyl sites for hydroxylation is 1. The van der Waals surface area contributed by atoms with E-state index in [0.29, 0.717) is 11.4 Å².